The smallest absolute Gasteiger partial charge is 0.304 e. The van der Waals surface area contributed by atoms with Gasteiger partial charge in [0.05, 0.1) is 19.4 Å². The Hall–Kier alpha value is -2.37. The highest BCUT2D eigenvalue weighted by Gasteiger charge is 2.24. The molecule has 4 nitrogen and oxygen atoms in total. The lowest BCUT2D eigenvalue weighted by molar-refractivity contribution is -0.137. The van der Waals surface area contributed by atoms with Crippen LogP contribution in [0.15, 0.2) is 48.7 Å². The van der Waals surface area contributed by atoms with Gasteiger partial charge in [-0.2, -0.15) is 0 Å². The third kappa shape index (κ3) is 4.06. The van der Waals surface area contributed by atoms with Crippen molar-refractivity contribution in [2.75, 3.05) is 7.11 Å². The van der Waals surface area contributed by atoms with Gasteiger partial charge in [0.1, 0.15) is 10.8 Å². The second kappa shape index (κ2) is 7.89. The maximum atomic E-state index is 11.5. The normalized spacial score (nSPS) is 12.0. The zero-order valence-corrected chi connectivity index (χ0v) is 16.0. The van der Waals surface area contributed by atoms with E-state index in [9.17, 15) is 9.90 Å². The average Bonchev–Trinajstić information content (AvgIpc) is 3.05. The number of aromatic nitrogens is 1. The molecule has 6 heteroatoms. The lowest BCUT2D eigenvalue weighted by Gasteiger charge is -2.18. The number of thiazole rings is 1. The predicted molar refractivity (Wildman–Crippen MR) is 104 cm³/mol. The average molecular weight is 388 g/mol. The fourth-order valence-corrected chi connectivity index (χ4v) is 3.98. The molecule has 0 radical (unpaired) electrons. The highest BCUT2D eigenvalue weighted by atomic mass is 35.5. The SMILES string of the molecule is COc1ccc(-c2cccc(Cl)c2)cc1C(CC(=O)O)c1ncc(C)s1. The summed E-state index contributed by atoms with van der Waals surface area (Å²) in [7, 11) is 1.59. The summed E-state index contributed by atoms with van der Waals surface area (Å²) in [5, 5.41) is 10.8. The van der Waals surface area contributed by atoms with Gasteiger partial charge in [-0.05, 0) is 42.3 Å². The molecule has 26 heavy (non-hydrogen) atoms. The lowest BCUT2D eigenvalue weighted by atomic mass is 9.92. The van der Waals surface area contributed by atoms with E-state index in [1.807, 2.05) is 49.4 Å². The molecule has 1 heterocycles. The van der Waals surface area contributed by atoms with Gasteiger partial charge < -0.3 is 9.84 Å². The van der Waals surface area contributed by atoms with Gasteiger partial charge in [0.25, 0.3) is 0 Å². The first-order valence-corrected chi connectivity index (χ1v) is 9.25. The van der Waals surface area contributed by atoms with Crippen LogP contribution in [-0.2, 0) is 4.79 Å². The number of carbonyl (C=O) groups is 1. The third-order valence-corrected chi connectivity index (χ3v) is 5.34. The van der Waals surface area contributed by atoms with Crippen LogP contribution in [0.5, 0.6) is 5.75 Å². The third-order valence-electron chi connectivity index (χ3n) is 4.08. The summed E-state index contributed by atoms with van der Waals surface area (Å²) < 4.78 is 5.51. The zero-order valence-electron chi connectivity index (χ0n) is 14.4. The summed E-state index contributed by atoms with van der Waals surface area (Å²) in [6, 6.07) is 13.3. The Bertz CT molecular complexity index is 938. The molecule has 3 rings (SSSR count). The molecule has 1 unspecified atom stereocenters. The molecule has 0 aliphatic rings. The molecule has 1 atom stereocenters. The largest absolute Gasteiger partial charge is 0.496 e. The van der Waals surface area contributed by atoms with Gasteiger partial charge in [-0.1, -0.05) is 29.8 Å². The number of halogens is 1. The van der Waals surface area contributed by atoms with Crippen molar-refractivity contribution in [2.45, 2.75) is 19.3 Å². The minimum atomic E-state index is -0.877. The molecular formula is C20H18ClNO3S. The van der Waals surface area contributed by atoms with Crippen molar-refractivity contribution >= 4 is 28.9 Å². The molecular weight excluding hydrogens is 370 g/mol. The molecule has 0 bridgehead atoms. The summed E-state index contributed by atoms with van der Waals surface area (Å²) in [5.74, 6) is -0.603. The first kappa shape index (κ1) is 18.4. The van der Waals surface area contributed by atoms with E-state index in [2.05, 4.69) is 4.98 Å². The molecule has 1 aromatic heterocycles. The van der Waals surface area contributed by atoms with Crippen LogP contribution in [0.3, 0.4) is 0 Å². The van der Waals surface area contributed by atoms with Crippen LogP contribution in [0.2, 0.25) is 5.02 Å². The van der Waals surface area contributed by atoms with Crippen molar-refractivity contribution < 1.29 is 14.6 Å². The first-order valence-electron chi connectivity index (χ1n) is 8.06. The van der Waals surface area contributed by atoms with Gasteiger partial charge in [0.15, 0.2) is 0 Å². The fraction of sp³-hybridized carbons (Fsp3) is 0.200. The summed E-state index contributed by atoms with van der Waals surface area (Å²) in [6.07, 6.45) is 1.71. The second-order valence-electron chi connectivity index (χ2n) is 5.93. The van der Waals surface area contributed by atoms with E-state index >= 15 is 0 Å². The lowest BCUT2D eigenvalue weighted by Crippen LogP contribution is -2.09. The summed E-state index contributed by atoms with van der Waals surface area (Å²) in [6.45, 7) is 1.96. The summed E-state index contributed by atoms with van der Waals surface area (Å²) >= 11 is 7.62. The maximum absolute atomic E-state index is 11.5. The van der Waals surface area contributed by atoms with Gasteiger partial charge in [-0.25, -0.2) is 4.98 Å². The number of nitrogens with zero attached hydrogens (tertiary/aromatic N) is 1. The van der Waals surface area contributed by atoms with Gasteiger partial charge >= 0.3 is 5.97 Å². The monoisotopic (exact) mass is 387 g/mol. The van der Waals surface area contributed by atoms with Crippen molar-refractivity contribution in [3.05, 3.63) is 69.1 Å². The Balaban J connectivity index is 2.12. The number of methoxy groups -OCH3 is 1. The number of aliphatic carboxylic acids is 1. The van der Waals surface area contributed by atoms with Crippen LogP contribution in [0, 0.1) is 6.92 Å². The van der Waals surface area contributed by atoms with Crippen molar-refractivity contribution in [2.24, 2.45) is 0 Å². The van der Waals surface area contributed by atoms with Crippen LogP contribution in [0.25, 0.3) is 11.1 Å². The van der Waals surface area contributed by atoms with Crippen LogP contribution in [-0.4, -0.2) is 23.2 Å². The number of carboxylic acids is 1. The Morgan fingerprint density at radius 2 is 2.04 bits per heavy atom. The maximum Gasteiger partial charge on any atom is 0.304 e. The predicted octanol–water partition coefficient (Wildman–Crippen LogP) is 5.39. The Kier molecular flexibility index (Phi) is 5.59. The number of carboxylic acid groups (broad SMARTS) is 1. The van der Waals surface area contributed by atoms with E-state index in [1.54, 1.807) is 13.3 Å². The fourth-order valence-electron chi connectivity index (χ4n) is 2.89. The van der Waals surface area contributed by atoms with E-state index in [4.69, 9.17) is 16.3 Å². The van der Waals surface area contributed by atoms with Gasteiger partial charge in [0.2, 0.25) is 0 Å². The molecule has 0 saturated heterocycles. The molecule has 0 saturated carbocycles. The molecule has 0 fully saturated rings. The zero-order chi connectivity index (χ0) is 18.7. The topological polar surface area (TPSA) is 59.4 Å². The molecule has 0 spiro atoms. The Labute approximate surface area is 161 Å². The number of ether oxygens (including phenoxy) is 1. The van der Waals surface area contributed by atoms with E-state index < -0.39 is 5.97 Å². The first-order chi connectivity index (χ1) is 12.5. The minimum Gasteiger partial charge on any atom is -0.496 e. The van der Waals surface area contributed by atoms with Crippen molar-refractivity contribution in [1.29, 1.82) is 0 Å². The number of benzene rings is 2. The minimum absolute atomic E-state index is 0.0533. The number of hydrogen-bond acceptors (Lipinski definition) is 4. The summed E-state index contributed by atoms with van der Waals surface area (Å²) in [5.41, 5.74) is 2.72. The number of rotatable bonds is 6. The van der Waals surface area contributed by atoms with Crippen molar-refractivity contribution in [3.63, 3.8) is 0 Å². The standard InChI is InChI=1S/C20H18ClNO3S/c1-12-11-22-20(26-12)17(10-19(23)24)16-9-14(6-7-18(16)25-2)13-4-3-5-15(21)8-13/h3-9,11,17H,10H2,1-2H3,(H,23,24). The molecule has 1 N–H and O–H groups in total. The van der Waals surface area contributed by atoms with E-state index in [0.717, 1.165) is 26.6 Å². The second-order valence-corrected chi connectivity index (χ2v) is 7.63. The van der Waals surface area contributed by atoms with Crippen LogP contribution in [0.4, 0.5) is 0 Å². The molecule has 2 aromatic carbocycles. The van der Waals surface area contributed by atoms with Crippen LogP contribution in [0.1, 0.15) is 27.8 Å². The van der Waals surface area contributed by atoms with E-state index in [0.29, 0.717) is 10.8 Å². The van der Waals surface area contributed by atoms with Crippen molar-refractivity contribution in [1.82, 2.24) is 4.98 Å². The molecule has 0 amide bonds. The van der Waals surface area contributed by atoms with Crippen LogP contribution >= 0.6 is 22.9 Å². The van der Waals surface area contributed by atoms with E-state index in [1.165, 1.54) is 11.3 Å². The highest BCUT2D eigenvalue weighted by Crippen LogP contribution is 2.39. The van der Waals surface area contributed by atoms with E-state index in [-0.39, 0.29) is 12.3 Å². The molecule has 3 aromatic rings. The van der Waals surface area contributed by atoms with Gasteiger partial charge in [0, 0.05) is 21.7 Å². The molecule has 0 aliphatic heterocycles. The highest BCUT2D eigenvalue weighted by molar-refractivity contribution is 7.11. The molecule has 134 valence electrons. The summed E-state index contributed by atoms with van der Waals surface area (Å²) in [4.78, 5) is 16.9. The van der Waals surface area contributed by atoms with Crippen molar-refractivity contribution in [3.8, 4) is 16.9 Å². The Morgan fingerprint density at radius 3 is 2.65 bits per heavy atom. The number of aryl methyl sites for hydroxylation is 1. The van der Waals surface area contributed by atoms with Gasteiger partial charge in [-0.15, -0.1) is 11.3 Å². The Morgan fingerprint density at radius 1 is 1.27 bits per heavy atom. The van der Waals surface area contributed by atoms with Gasteiger partial charge in [-0.3, -0.25) is 4.79 Å². The number of hydrogen-bond donors (Lipinski definition) is 1. The molecule has 0 aliphatic carbocycles. The van der Waals surface area contributed by atoms with Crippen LogP contribution < -0.4 is 4.74 Å². The quantitative estimate of drug-likeness (QED) is 0.616.